The molecule has 4 atom stereocenters. The summed E-state index contributed by atoms with van der Waals surface area (Å²) in [5, 5.41) is 6.42. The van der Waals surface area contributed by atoms with Crippen molar-refractivity contribution in [3.8, 4) is 0 Å². The zero-order valence-electron chi connectivity index (χ0n) is 26.3. The van der Waals surface area contributed by atoms with Crippen molar-refractivity contribution in [3.05, 3.63) is 119 Å². The molecule has 6 rings (SSSR count). The van der Waals surface area contributed by atoms with Crippen LogP contribution < -0.4 is 21.2 Å². The molecule has 2 saturated carbocycles. The molecule has 0 heterocycles. The van der Waals surface area contributed by atoms with Crippen LogP contribution >= 0.6 is 15.8 Å². The van der Waals surface area contributed by atoms with Crippen molar-refractivity contribution in [2.24, 2.45) is 5.92 Å². The Labute approximate surface area is 257 Å². The highest BCUT2D eigenvalue weighted by Gasteiger charge is 2.42. The van der Waals surface area contributed by atoms with Crippen LogP contribution in [0.1, 0.15) is 85.6 Å². The van der Waals surface area contributed by atoms with Gasteiger partial charge in [0, 0.05) is 0 Å². The molecule has 2 heteroatoms. The van der Waals surface area contributed by atoms with Crippen LogP contribution in [0, 0.1) is 33.6 Å². The molecule has 0 N–H and O–H groups in total. The van der Waals surface area contributed by atoms with Crippen LogP contribution in [0.25, 0.3) is 0 Å². The van der Waals surface area contributed by atoms with Gasteiger partial charge in [-0.15, -0.1) is 0 Å². The minimum absolute atomic E-state index is 0.438. The topological polar surface area (TPSA) is 0 Å². The van der Waals surface area contributed by atoms with Crippen LogP contribution in [0.2, 0.25) is 0 Å². The second-order valence-electron chi connectivity index (χ2n) is 13.2. The normalized spacial score (nSPS) is 20.7. The molecule has 2 aliphatic carbocycles. The molecule has 4 aromatic carbocycles. The third kappa shape index (κ3) is 6.33. The molecule has 0 radical (unpaired) electrons. The van der Waals surface area contributed by atoms with E-state index in [9.17, 15) is 0 Å². The lowest BCUT2D eigenvalue weighted by Crippen LogP contribution is -2.34. The lowest BCUT2D eigenvalue weighted by molar-refractivity contribution is 0.548. The fraction of sp³-hybridized carbons (Fsp3) is 0.400. The first-order chi connectivity index (χ1) is 20.4. The third-order valence-corrected chi connectivity index (χ3v) is 15.8. The van der Waals surface area contributed by atoms with Crippen molar-refractivity contribution in [2.45, 2.75) is 96.8 Å². The van der Waals surface area contributed by atoms with Gasteiger partial charge in [0.1, 0.15) is 0 Å². The minimum Gasteiger partial charge on any atom is -0.0622 e. The van der Waals surface area contributed by atoms with E-state index in [1.165, 1.54) is 67.2 Å². The van der Waals surface area contributed by atoms with Gasteiger partial charge in [-0.3, -0.25) is 0 Å². The smallest absolute Gasteiger partial charge is 0.00942 e. The van der Waals surface area contributed by atoms with Crippen LogP contribution in [0.4, 0.5) is 0 Å². The molecular formula is C40H48P2. The summed E-state index contributed by atoms with van der Waals surface area (Å²) in [6.07, 6.45) is 9.59. The lowest BCUT2D eigenvalue weighted by atomic mass is 9.98. The van der Waals surface area contributed by atoms with Gasteiger partial charge < -0.3 is 0 Å². The fourth-order valence-corrected chi connectivity index (χ4v) is 15.2. The molecule has 0 nitrogen and oxygen atoms in total. The summed E-state index contributed by atoms with van der Waals surface area (Å²) in [5.74, 6) is 1.47. The first-order valence-electron chi connectivity index (χ1n) is 16.3. The number of hydrogen-bond acceptors (Lipinski definition) is 0. The average Bonchev–Trinajstić information content (AvgIpc) is 3.67. The third-order valence-electron chi connectivity index (χ3n) is 9.89. The lowest BCUT2D eigenvalue weighted by Gasteiger charge is -2.38. The van der Waals surface area contributed by atoms with Gasteiger partial charge in [0.15, 0.2) is 0 Å². The van der Waals surface area contributed by atoms with E-state index in [4.69, 9.17) is 0 Å². The molecular weight excluding hydrogens is 542 g/mol. The standard InChI is InChI=1S/C40H48P2/c1-28-22-29(2)25-35(24-28)41(36-26-30(3)23-31(4)27-36)32(5)37-19-13-21-39(37)42(34-16-7-6-8-17-34)40-20-12-11-18-38(40)33-14-9-10-15-33/h6-8,11-12,16-18,20,22-27,32-33,37,39H,9-10,13-15,19,21H2,1-5H3/t32-,37?,39?,42?/m1/s1. The largest absolute Gasteiger partial charge is 0.0622 e. The van der Waals surface area contributed by atoms with E-state index < -0.39 is 15.8 Å². The van der Waals surface area contributed by atoms with Gasteiger partial charge in [-0.2, -0.15) is 0 Å². The van der Waals surface area contributed by atoms with Gasteiger partial charge in [0.25, 0.3) is 0 Å². The first-order valence-corrected chi connectivity index (χ1v) is 19.1. The summed E-state index contributed by atoms with van der Waals surface area (Å²) in [7, 11) is -0.921. The fourth-order valence-electron chi connectivity index (χ4n) is 8.23. The number of hydrogen-bond donors (Lipinski definition) is 0. The minimum atomic E-state index is -0.483. The van der Waals surface area contributed by atoms with Crippen LogP contribution in [0.5, 0.6) is 0 Å². The van der Waals surface area contributed by atoms with Crippen LogP contribution in [-0.2, 0) is 0 Å². The van der Waals surface area contributed by atoms with Crippen molar-refractivity contribution in [2.75, 3.05) is 0 Å². The molecule has 0 amide bonds. The average molecular weight is 591 g/mol. The molecule has 0 bridgehead atoms. The number of rotatable bonds is 8. The molecule has 3 unspecified atom stereocenters. The van der Waals surface area contributed by atoms with Crippen molar-refractivity contribution in [1.82, 2.24) is 0 Å². The molecule has 0 aliphatic heterocycles. The zero-order chi connectivity index (χ0) is 29.2. The van der Waals surface area contributed by atoms with Crippen molar-refractivity contribution in [3.63, 3.8) is 0 Å². The Bertz CT molecular complexity index is 1410. The van der Waals surface area contributed by atoms with E-state index in [-0.39, 0.29) is 0 Å². The van der Waals surface area contributed by atoms with E-state index >= 15 is 0 Å². The molecule has 2 fully saturated rings. The highest BCUT2D eigenvalue weighted by atomic mass is 31.1. The number of benzene rings is 4. The highest BCUT2D eigenvalue weighted by Crippen LogP contribution is 2.57. The van der Waals surface area contributed by atoms with Crippen molar-refractivity contribution >= 4 is 37.1 Å². The Balaban J connectivity index is 1.46. The summed E-state index contributed by atoms with van der Waals surface area (Å²) in [6.45, 7) is 11.8. The number of aryl methyl sites for hydroxylation is 4. The van der Waals surface area contributed by atoms with E-state index in [2.05, 4.69) is 126 Å². The summed E-state index contributed by atoms with van der Waals surface area (Å²) >= 11 is 0. The Morgan fingerprint density at radius 2 is 1.12 bits per heavy atom. The molecule has 0 spiro atoms. The molecule has 0 saturated heterocycles. The van der Waals surface area contributed by atoms with E-state index in [1.54, 1.807) is 26.8 Å². The maximum absolute atomic E-state index is 2.63. The second kappa shape index (κ2) is 13.2. The predicted octanol–water partition coefficient (Wildman–Crippen LogP) is 9.70. The van der Waals surface area contributed by atoms with Gasteiger partial charge in [-0.05, 0) is 119 Å². The van der Waals surface area contributed by atoms with E-state index in [0.717, 1.165) is 17.5 Å². The summed E-state index contributed by atoms with van der Waals surface area (Å²) < 4.78 is 0. The molecule has 0 aromatic heterocycles. The van der Waals surface area contributed by atoms with Crippen LogP contribution in [0.3, 0.4) is 0 Å². The summed E-state index contributed by atoms with van der Waals surface area (Å²) in [6, 6.07) is 36.1. The van der Waals surface area contributed by atoms with Gasteiger partial charge in [0.2, 0.25) is 0 Å². The highest BCUT2D eigenvalue weighted by molar-refractivity contribution is 7.74. The molecule has 218 valence electrons. The van der Waals surface area contributed by atoms with Gasteiger partial charge in [-0.1, -0.05) is 139 Å². The molecule has 42 heavy (non-hydrogen) atoms. The zero-order valence-corrected chi connectivity index (χ0v) is 28.1. The Kier molecular flexibility index (Phi) is 9.34. The van der Waals surface area contributed by atoms with Crippen molar-refractivity contribution in [1.29, 1.82) is 0 Å². The monoisotopic (exact) mass is 590 g/mol. The SMILES string of the molecule is Cc1cc(C)cc(P(c2cc(C)cc(C)c2)[C@H](C)C2CCCC2P(c2ccccc2)c2ccccc2C2CCCC2)c1. The molecule has 4 aromatic rings. The Morgan fingerprint density at radius 3 is 1.71 bits per heavy atom. The molecule has 2 aliphatic rings. The quantitative estimate of drug-likeness (QED) is 0.179. The summed E-state index contributed by atoms with van der Waals surface area (Å²) in [4.78, 5) is 0. The van der Waals surface area contributed by atoms with Crippen LogP contribution in [-0.4, -0.2) is 11.3 Å². The maximum atomic E-state index is 2.63. The summed E-state index contributed by atoms with van der Waals surface area (Å²) in [5.41, 5.74) is 8.62. The van der Waals surface area contributed by atoms with E-state index in [0.29, 0.717) is 5.66 Å². The Morgan fingerprint density at radius 1 is 0.571 bits per heavy atom. The predicted molar refractivity (Wildman–Crippen MR) is 189 cm³/mol. The van der Waals surface area contributed by atoms with Crippen molar-refractivity contribution < 1.29 is 0 Å². The van der Waals surface area contributed by atoms with E-state index in [1.807, 2.05) is 0 Å². The second-order valence-corrected chi connectivity index (χ2v) is 18.2. The first kappa shape index (κ1) is 29.8. The Hall–Kier alpha value is -2.26. The van der Waals surface area contributed by atoms with Gasteiger partial charge in [-0.25, -0.2) is 0 Å². The maximum Gasteiger partial charge on any atom is -0.00942 e. The van der Waals surface area contributed by atoms with Gasteiger partial charge in [0.05, 0.1) is 0 Å². The van der Waals surface area contributed by atoms with Gasteiger partial charge >= 0.3 is 0 Å². The van der Waals surface area contributed by atoms with Crippen LogP contribution in [0.15, 0.2) is 91.0 Å².